The second-order valence-electron chi connectivity index (χ2n) is 5.15. The van der Waals surface area contributed by atoms with Gasteiger partial charge in [-0.1, -0.05) is 0 Å². The fourth-order valence-corrected chi connectivity index (χ4v) is 2.87. The minimum absolute atomic E-state index is 0.0119. The molecule has 0 aliphatic heterocycles. The minimum atomic E-state index is -0.681. The normalized spacial score (nSPS) is 10.6. The summed E-state index contributed by atoms with van der Waals surface area (Å²) in [5, 5.41) is 17.5. The molecule has 2 heterocycles. The molecule has 0 amide bonds. The first kappa shape index (κ1) is 16.6. The standard InChI is InChI=1S/C15H13N5O4S/c1-19-6-10(5-17-19)14-18-11(8-25-14)7-24-15(21)9-2-3-12(16)13(4-9)20(22)23/h2-6,8H,7,16H2,1H3. The number of anilines is 1. The third-order valence-corrected chi connectivity index (χ3v) is 4.26. The molecule has 10 heteroatoms. The van der Waals surface area contributed by atoms with E-state index >= 15 is 0 Å². The minimum Gasteiger partial charge on any atom is -0.456 e. The molecule has 0 atom stereocenters. The maximum Gasteiger partial charge on any atom is 0.338 e. The third kappa shape index (κ3) is 3.63. The topological polar surface area (TPSA) is 126 Å². The van der Waals surface area contributed by atoms with Gasteiger partial charge in [0.2, 0.25) is 0 Å². The third-order valence-electron chi connectivity index (χ3n) is 3.32. The van der Waals surface area contributed by atoms with Gasteiger partial charge in [0, 0.05) is 30.3 Å². The zero-order valence-corrected chi connectivity index (χ0v) is 13.9. The highest BCUT2D eigenvalue weighted by molar-refractivity contribution is 7.13. The average Bonchev–Trinajstić information content (AvgIpc) is 3.21. The Bertz CT molecular complexity index is 949. The van der Waals surface area contributed by atoms with Crippen LogP contribution < -0.4 is 5.73 Å². The van der Waals surface area contributed by atoms with E-state index in [4.69, 9.17) is 10.5 Å². The van der Waals surface area contributed by atoms with E-state index in [0.717, 1.165) is 16.6 Å². The Kier molecular flexibility index (Phi) is 4.44. The molecule has 0 saturated carbocycles. The molecule has 0 aliphatic carbocycles. The van der Waals surface area contributed by atoms with Crippen molar-refractivity contribution in [2.24, 2.45) is 7.05 Å². The van der Waals surface area contributed by atoms with Gasteiger partial charge in [0.05, 0.1) is 22.4 Å². The summed E-state index contributed by atoms with van der Waals surface area (Å²) in [6.45, 7) is -0.0340. The molecule has 0 fully saturated rings. The molecule has 0 unspecified atom stereocenters. The number of thiazole rings is 1. The van der Waals surface area contributed by atoms with Gasteiger partial charge in [0.15, 0.2) is 0 Å². The Morgan fingerprint density at radius 2 is 2.28 bits per heavy atom. The van der Waals surface area contributed by atoms with Crippen LogP contribution in [0.3, 0.4) is 0 Å². The summed E-state index contributed by atoms with van der Waals surface area (Å²) >= 11 is 1.41. The number of nitrogen functional groups attached to an aromatic ring is 1. The van der Waals surface area contributed by atoms with Crippen molar-refractivity contribution in [3.8, 4) is 10.6 Å². The number of carbonyl (C=O) groups is 1. The van der Waals surface area contributed by atoms with Gasteiger partial charge in [-0.2, -0.15) is 5.10 Å². The lowest BCUT2D eigenvalue weighted by Crippen LogP contribution is -2.07. The highest BCUT2D eigenvalue weighted by Gasteiger charge is 2.17. The predicted octanol–water partition coefficient (Wildman–Crippen LogP) is 2.39. The summed E-state index contributed by atoms with van der Waals surface area (Å²) in [6, 6.07) is 3.78. The molecule has 0 radical (unpaired) electrons. The van der Waals surface area contributed by atoms with Crippen molar-refractivity contribution < 1.29 is 14.5 Å². The van der Waals surface area contributed by atoms with Crippen molar-refractivity contribution in [3.63, 3.8) is 0 Å². The van der Waals surface area contributed by atoms with Crippen LogP contribution in [0.1, 0.15) is 16.1 Å². The zero-order valence-electron chi connectivity index (χ0n) is 13.1. The second-order valence-corrected chi connectivity index (χ2v) is 6.01. The Balaban J connectivity index is 1.68. The monoisotopic (exact) mass is 359 g/mol. The number of benzene rings is 1. The molecular formula is C15H13N5O4S. The molecule has 25 heavy (non-hydrogen) atoms. The number of ether oxygens (including phenoxy) is 1. The molecule has 128 valence electrons. The molecular weight excluding hydrogens is 346 g/mol. The first-order chi connectivity index (χ1) is 11.9. The molecule has 3 aromatic rings. The van der Waals surface area contributed by atoms with Crippen molar-refractivity contribution in [2.75, 3.05) is 5.73 Å². The van der Waals surface area contributed by atoms with E-state index in [9.17, 15) is 14.9 Å². The van der Waals surface area contributed by atoms with Crippen LogP contribution in [0.5, 0.6) is 0 Å². The van der Waals surface area contributed by atoms with E-state index in [1.165, 1.54) is 23.5 Å². The molecule has 0 spiro atoms. The predicted molar refractivity (Wildman–Crippen MR) is 90.9 cm³/mol. The van der Waals surface area contributed by atoms with E-state index in [2.05, 4.69) is 10.1 Å². The van der Waals surface area contributed by atoms with Gasteiger partial charge in [-0.15, -0.1) is 11.3 Å². The number of rotatable bonds is 5. The van der Waals surface area contributed by atoms with Crippen LogP contribution >= 0.6 is 11.3 Å². The Morgan fingerprint density at radius 1 is 1.48 bits per heavy atom. The van der Waals surface area contributed by atoms with Gasteiger partial charge in [-0.05, 0) is 12.1 Å². The number of carbonyl (C=O) groups excluding carboxylic acids is 1. The number of esters is 1. The van der Waals surface area contributed by atoms with Crippen molar-refractivity contribution in [3.05, 3.63) is 57.3 Å². The van der Waals surface area contributed by atoms with Crippen LogP contribution in [-0.4, -0.2) is 25.7 Å². The molecule has 3 rings (SSSR count). The highest BCUT2D eigenvalue weighted by atomic mass is 32.1. The van der Waals surface area contributed by atoms with Gasteiger partial charge in [-0.3, -0.25) is 14.8 Å². The fraction of sp³-hybridized carbons (Fsp3) is 0.133. The maximum atomic E-state index is 12.1. The number of aryl methyl sites for hydroxylation is 1. The van der Waals surface area contributed by atoms with E-state index in [1.54, 1.807) is 16.3 Å². The molecule has 0 bridgehead atoms. The molecule has 2 N–H and O–H groups in total. The molecule has 1 aromatic carbocycles. The second kappa shape index (κ2) is 6.69. The van der Waals surface area contributed by atoms with E-state index < -0.39 is 10.9 Å². The van der Waals surface area contributed by atoms with Gasteiger partial charge >= 0.3 is 5.97 Å². The maximum absolute atomic E-state index is 12.1. The van der Waals surface area contributed by atoms with Crippen LogP contribution in [-0.2, 0) is 18.4 Å². The van der Waals surface area contributed by atoms with E-state index in [0.29, 0.717) is 5.69 Å². The van der Waals surface area contributed by atoms with Gasteiger partial charge in [-0.25, -0.2) is 9.78 Å². The van der Waals surface area contributed by atoms with E-state index in [-0.39, 0.29) is 23.5 Å². The van der Waals surface area contributed by atoms with Crippen molar-refractivity contribution in [1.82, 2.24) is 14.8 Å². The number of nitro benzene ring substituents is 1. The van der Waals surface area contributed by atoms with Gasteiger partial charge in [0.25, 0.3) is 5.69 Å². The van der Waals surface area contributed by atoms with Crippen LogP contribution in [0.2, 0.25) is 0 Å². The average molecular weight is 359 g/mol. The van der Waals surface area contributed by atoms with Crippen LogP contribution in [0, 0.1) is 10.1 Å². The lowest BCUT2D eigenvalue weighted by molar-refractivity contribution is -0.383. The summed E-state index contributed by atoms with van der Waals surface area (Å²) in [7, 11) is 1.81. The largest absolute Gasteiger partial charge is 0.456 e. The number of hydrogen-bond donors (Lipinski definition) is 1. The summed E-state index contributed by atoms with van der Waals surface area (Å²) < 4.78 is 6.84. The molecule has 9 nitrogen and oxygen atoms in total. The molecule has 0 saturated heterocycles. The summed E-state index contributed by atoms with van der Waals surface area (Å²) in [4.78, 5) is 26.7. The van der Waals surface area contributed by atoms with E-state index in [1.807, 2.05) is 13.2 Å². The van der Waals surface area contributed by atoms with Crippen LogP contribution in [0.15, 0.2) is 36.0 Å². The summed E-state index contributed by atoms with van der Waals surface area (Å²) in [5.74, 6) is -0.681. The summed E-state index contributed by atoms with van der Waals surface area (Å²) in [6.07, 6.45) is 3.53. The SMILES string of the molecule is Cn1cc(-c2nc(COC(=O)c3ccc(N)c([N+](=O)[O-])c3)cs2)cn1. The lowest BCUT2D eigenvalue weighted by Gasteiger charge is -2.04. The smallest absolute Gasteiger partial charge is 0.338 e. The number of hydrogen-bond acceptors (Lipinski definition) is 8. The van der Waals surface area contributed by atoms with Crippen molar-refractivity contribution in [1.29, 1.82) is 0 Å². The first-order valence-corrected chi connectivity index (χ1v) is 7.96. The Labute approximate surface area is 145 Å². The number of nitrogens with zero attached hydrogens (tertiary/aromatic N) is 4. The Morgan fingerprint density at radius 3 is 2.96 bits per heavy atom. The Hall–Kier alpha value is -3.27. The van der Waals surface area contributed by atoms with Crippen LogP contribution in [0.25, 0.3) is 10.6 Å². The number of nitrogens with two attached hydrogens (primary N) is 1. The van der Waals surface area contributed by atoms with Gasteiger partial charge < -0.3 is 10.5 Å². The fourth-order valence-electron chi connectivity index (χ4n) is 2.09. The number of aromatic nitrogens is 3. The van der Waals surface area contributed by atoms with Crippen molar-refractivity contribution >= 4 is 28.7 Å². The van der Waals surface area contributed by atoms with Crippen molar-refractivity contribution in [2.45, 2.75) is 6.61 Å². The number of nitro groups is 1. The van der Waals surface area contributed by atoms with Crippen LogP contribution in [0.4, 0.5) is 11.4 Å². The quantitative estimate of drug-likeness (QED) is 0.321. The first-order valence-electron chi connectivity index (χ1n) is 7.08. The summed E-state index contributed by atoms with van der Waals surface area (Å²) in [5.41, 5.74) is 6.68. The highest BCUT2D eigenvalue weighted by Crippen LogP contribution is 2.25. The molecule has 0 aliphatic rings. The van der Waals surface area contributed by atoms with Gasteiger partial charge in [0.1, 0.15) is 17.3 Å². The zero-order chi connectivity index (χ0) is 18.0. The molecule has 2 aromatic heterocycles. The lowest BCUT2D eigenvalue weighted by atomic mass is 10.2.